The predicted molar refractivity (Wildman–Crippen MR) is 74.7 cm³/mol. The van der Waals surface area contributed by atoms with Crippen molar-refractivity contribution < 1.29 is 4.74 Å². The second-order valence-electron chi connectivity index (χ2n) is 4.99. The topological polar surface area (TPSA) is 12.5 Å². The van der Waals surface area contributed by atoms with Gasteiger partial charge in [0.1, 0.15) is 0 Å². The summed E-state index contributed by atoms with van der Waals surface area (Å²) in [4.78, 5) is 2.67. The maximum absolute atomic E-state index is 5.50. The maximum atomic E-state index is 5.50. The lowest BCUT2D eigenvalue weighted by Crippen LogP contribution is -2.43. The molecule has 2 fully saturated rings. The SMILES string of the molecule is BrCC1(CN2CCCSCC2)CCOCC1. The van der Waals surface area contributed by atoms with Crippen molar-refractivity contribution in [3.05, 3.63) is 0 Å². The molecule has 2 aliphatic heterocycles. The van der Waals surface area contributed by atoms with Crippen molar-refractivity contribution in [2.45, 2.75) is 19.3 Å². The first kappa shape index (κ1) is 13.2. The van der Waals surface area contributed by atoms with Gasteiger partial charge in [0.05, 0.1) is 0 Å². The van der Waals surface area contributed by atoms with Crippen LogP contribution >= 0.6 is 27.7 Å². The van der Waals surface area contributed by atoms with E-state index in [9.17, 15) is 0 Å². The van der Waals surface area contributed by atoms with Crippen molar-refractivity contribution >= 4 is 27.7 Å². The minimum absolute atomic E-state index is 0.479. The Morgan fingerprint density at radius 2 is 2.00 bits per heavy atom. The molecule has 0 unspecified atom stereocenters. The number of halogens is 1. The fourth-order valence-electron chi connectivity index (χ4n) is 2.57. The Hall–Kier alpha value is 0.750. The van der Waals surface area contributed by atoms with Crippen LogP contribution in [-0.4, -0.2) is 54.6 Å². The fraction of sp³-hybridized carbons (Fsp3) is 1.00. The highest BCUT2D eigenvalue weighted by Crippen LogP contribution is 2.33. The van der Waals surface area contributed by atoms with E-state index in [0.717, 1.165) is 18.5 Å². The molecule has 0 bridgehead atoms. The number of nitrogens with zero attached hydrogens (tertiary/aromatic N) is 1. The Morgan fingerprint density at radius 1 is 1.19 bits per heavy atom. The summed E-state index contributed by atoms with van der Waals surface area (Å²) in [5.41, 5.74) is 0.479. The number of ether oxygens (including phenoxy) is 1. The standard InChI is InChI=1S/C12H22BrNOS/c13-10-12(2-6-15-7-3-12)11-14-4-1-8-16-9-5-14/h1-11H2. The first-order chi connectivity index (χ1) is 7.85. The van der Waals surface area contributed by atoms with Gasteiger partial charge in [-0.05, 0) is 37.0 Å². The third-order valence-corrected chi connectivity index (χ3v) is 5.95. The molecule has 16 heavy (non-hydrogen) atoms. The van der Waals surface area contributed by atoms with Crippen LogP contribution in [0.5, 0.6) is 0 Å². The van der Waals surface area contributed by atoms with Crippen LogP contribution in [0.25, 0.3) is 0 Å². The predicted octanol–water partition coefficient (Wildman–Crippen LogP) is 2.62. The molecular formula is C12H22BrNOS. The van der Waals surface area contributed by atoms with E-state index in [1.54, 1.807) is 0 Å². The second kappa shape index (κ2) is 6.62. The zero-order chi connectivity index (χ0) is 11.3. The highest BCUT2D eigenvalue weighted by Gasteiger charge is 2.33. The van der Waals surface area contributed by atoms with Gasteiger partial charge in [-0.15, -0.1) is 0 Å². The molecule has 0 aromatic carbocycles. The van der Waals surface area contributed by atoms with Gasteiger partial charge in [-0.1, -0.05) is 15.9 Å². The van der Waals surface area contributed by atoms with E-state index >= 15 is 0 Å². The van der Waals surface area contributed by atoms with E-state index in [-0.39, 0.29) is 0 Å². The molecule has 0 radical (unpaired) electrons. The van der Waals surface area contributed by atoms with Crippen LogP contribution in [0.1, 0.15) is 19.3 Å². The molecule has 0 aliphatic carbocycles. The molecule has 94 valence electrons. The van der Waals surface area contributed by atoms with Crippen LogP contribution in [0.3, 0.4) is 0 Å². The van der Waals surface area contributed by atoms with Crippen molar-refractivity contribution in [3.63, 3.8) is 0 Å². The normalized spacial score (nSPS) is 27.6. The summed E-state index contributed by atoms with van der Waals surface area (Å²) in [6.45, 7) is 5.74. The quantitative estimate of drug-likeness (QED) is 0.744. The number of hydrogen-bond acceptors (Lipinski definition) is 3. The molecule has 2 saturated heterocycles. The Bertz CT molecular complexity index is 201. The van der Waals surface area contributed by atoms with Crippen LogP contribution in [0, 0.1) is 5.41 Å². The van der Waals surface area contributed by atoms with Gasteiger partial charge in [0.2, 0.25) is 0 Å². The Balaban J connectivity index is 1.88. The zero-order valence-electron chi connectivity index (χ0n) is 9.92. The zero-order valence-corrected chi connectivity index (χ0v) is 12.3. The van der Waals surface area contributed by atoms with E-state index in [4.69, 9.17) is 4.74 Å². The number of alkyl halides is 1. The van der Waals surface area contributed by atoms with Crippen LogP contribution in [0.2, 0.25) is 0 Å². The van der Waals surface area contributed by atoms with Crippen molar-refractivity contribution in [2.75, 3.05) is 49.7 Å². The van der Waals surface area contributed by atoms with Crippen LogP contribution in [0.15, 0.2) is 0 Å². The summed E-state index contributed by atoms with van der Waals surface area (Å²) in [5, 5.41) is 1.13. The Labute approximate surface area is 112 Å². The monoisotopic (exact) mass is 307 g/mol. The minimum atomic E-state index is 0.479. The average Bonchev–Trinajstić information content (AvgIpc) is 2.59. The highest BCUT2D eigenvalue weighted by atomic mass is 79.9. The van der Waals surface area contributed by atoms with E-state index in [0.29, 0.717) is 5.41 Å². The molecular weight excluding hydrogens is 286 g/mol. The lowest BCUT2D eigenvalue weighted by Gasteiger charge is -2.39. The molecule has 2 aliphatic rings. The molecule has 4 heteroatoms. The van der Waals surface area contributed by atoms with Crippen LogP contribution < -0.4 is 0 Å². The summed E-state index contributed by atoms with van der Waals surface area (Å²) in [6.07, 6.45) is 3.81. The summed E-state index contributed by atoms with van der Waals surface area (Å²) in [6, 6.07) is 0. The van der Waals surface area contributed by atoms with Gasteiger partial charge < -0.3 is 9.64 Å². The number of thioether (sulfide) groups is 1. The van der Waals surface area contributed by atoms with Crippen molar-refractivity contribution in [3.8, 4) is 0 Å². The van der Waals surface area contributed by atoms with E-state index in [2.05, 4.69) is 32.6 Å². The first-order valence-corrected chi connectivity index (χ1v) is 8.56. The number of hydrogen-bond donors (Lipinski definition) is 0. The van der Waals surface area contributed by atoms with Gasteiger partial charge >= 0.3 is 0 Å². The smallest absolute Gasteiger partial charge is 0.0472 e. The molecule has 0 N–H and O–H groups in total. The molecule has 2 rings (SSSR count). The number of rotatable bonds is 3. The average molecular weight is 308 g/mol. The lowest BCUT2D eigenvalue weighted by molar-refractivity contribution is 0.00932. The molecule has 0 atom stereocenters. The summed E-state index contributed by atoms with van der Waals surface area (Å²) in [5.74, 6) is 2.66. The highest BCUT2D eigenvalue weighted by molar-refractivity contribution is 9.09. The molecule has 0 amide bonds. The van der Waals surface area contributed by atoms with Gasteiger partial charge in [0.15, 0.2) is 0 Å². The van der Waals surface area contributed by atoms with Crippen LogP contribution in [-0.2, 0) is 4.74 Å². The molecule has 0 spiro atoms. The summed E-state index contributed by atoms with van der Waals surface area (Å²) in [7, 11) is 0. The second-order valence-corrected chi connectivity index (χ2v) is 6.77. The molecule has 0 saturated carbocycles. The Morgan fingerprint density at radius 3 is 2.75 bits per heavy atom. The van der Waals surface area contributed by atoms with E-state index in [1.807, 2.05) is 0 Å². The first-order valence-electron chi connectivity index (χ1n) is 6.28. The van der Waals surface area contributed by atoms with Crippen molar-refractivity contribution in [1.82, 2.24) is 4.90 Å². The van der Waals surface area contributed by atoms with Gasteiger partial charge in [0.25, 0.3) is 0 Å². The van der Waals surface area contributed by atoms with Crippen LogP contribution in [0.4, 0.5) is 0 Å². The molecule has 0 aromatic heterocycles. The molecule has 2 heterocycles. The van der Waals surface area contributed by atoms with Crippen molar-refractivity contribution in [2.24, 2.45) is 5.41 Å². The van der Waals surface area contributed by atoms with E-state index < -0.39 is 0 Å². The third-order valence-electron chi connectivity index (χ3n) is 3.71. The summed E-state index contributed by atoms with van der Waals surface area (Å²) < 4.78 is 5.50. The maximum Gasteiger partial charge on any atom is 0.0472 e. The third kappa shape index (κ3) is 3.62. The van der Waals surface area contributed by atoms with Gasteiger partial charge in [0, 0.05) is 37.4 Å². The van der Waals surface area contributed by atoms with Gasteiger partial charge in [-0.3, -0.25) is 0 Å². The van der Waals surface area contributed by atoms with Crippen molar-refractivity contribution in [1.29, 1.82) is 0 Å². The largest absolute Gasteiger partial charge is 0.381 e. The molecule has 0 aromatic rings. The van der Waals surface area contributed by atoms with E-state index in [1.165, 1.54) is 50.4 Å². The van der Waals surface area contributed by atoms with Gasteiger partial charge in [-0.2, -0.15) is 11.8 Å². The molecule has 2 nitrogen and oxygen atoms in total. The van der Waals surface area contributed by atoms with Gasteiger partial charge in [-0.25, -0.2) is 0 Å². The summed E-state index contributed by atoms with van der Waals surface area (Å²) >= 11 is 5.84. The fourth-order valence-corrected chi connectivity index (χ4v) is 4.23. The lowest BCUT2D eigenvalue weighted by atomic mass is 9.82. The Kier molecular flexibility index (Phi) is 5.46. The minimum Gasteiger partial charge on any atom is -0.381 e.